The average Bonchev–Trinajstić information content (AvgIpc) is 2.22. The highest BCUT2D eigenvalue weighted by molar-refractivity contribution is 5.90. The minimum absolute atomic E-state index is 0.446. The highest BCUT2D eigenvalue weighted by Gasteiger charge is 2.28. The number of nitrogens with one attached hydrogen (secondary N) is 1. The number of carbonyl (C=O) groups is 1. The minimum atomic E-state index is -4.50. The lowest BCUT2D eigenvalue weighted by Gasteiger charge is -2.08. The lowest BCUT2D eigenvalue weighted by Crippen LogP contribution is -2.16. The van der Waals surface area contributed by atoms with Crippen LogP contribution in [0, 0.1) is 17.5 Å². The molecule has 0 heterocycles. The first-order chi connectivity index (χ1) is 8.19. The molecule has 0 bridgehead atoms. The van der Waals surface area contributed by atoms with E-state index in [1.165, 1.54) is 0 Å². The molecule has 0 spiro atoms. The predicted molar refractivity (Wildman–Crippen MR) is 50.2 cm³/mol. The molecule has 1 N–H and O–H groups in total. The summed E-state index contributed by atoms with van der Waals surface area (Å²) >= 11 is 0. The maximum absolute atomic E-state index is 12.7. The zero-order valence-corrected chi connectivity index (χ0v) is 8.74. The first-order valence-corrected chi connectivity index (χ1v) is 4.70. The largest absolute Gasteiger partial charge is 0.389 e. The number of alkyl halides is 3. The molecule has 2 nitrogen and oxygen atoms in total. The fourth-order valence-corrected chi connectivity index (χ4v) is 1.11. The third-order valence-electron chi connectivity index (χ3n) is 1.90. The molecule has 1 rings (SSSR count). The van der Waals surface area contributed by atoms with Gasteiger partial charge in [-0.25, -0.2) is 13.2 Å². The number of halogens is 6. The second-order valence-corrected chi connectivity index (χ2v) is 3.42. The van der Waals surface area contributed by atoms with Crippen molar-refractivity contribution < 1.29 is 31.1 Å². The predicted octanol–water partition coefficient (Wildman–Crippen LogP) is 3.38. The highest BCUT2D eigenvalue weighted by Crippen LogP contribution is 2.22. The van der Waals surface area contributed by atoms with Crippen LogP contribution in [0.5, 0.6) is 0 Å². The zero-order valence-electron chi connectivity index (χ0n) is 8.74. The van der Waals surface area contributed by atoms with Gasteiger partial charge in [-0.05, 0) is 0 Å². The Bertz CT molecular complexity index is 433. The van der Waals surface area contributed by atoms with Gasteiger partial charge in [0.2, 0.25) is 5.91 Å². The Morgan fingerprint density at radius 2 is 1.61 bits per heavy atom. The Morgan fingerprint density at radius 1 is 1.11 bits per heavy atom. The molecule has 1 aromatic carbocycles. The second-order valence-electron chi connectivity index (χ2n) is 3.42. The SMILES string of the molecule is O=C(CCC(F)(F)F)Nc1cc(F)c(F)c(F)c1. The molecule has 0 saturated carbocycles. The number of carbonyl (C=O) groups excluding carboxylic acids is 1. The van der Waals surface area contributed by atoms with Crippen molar-refractivity contribution in [1.82, 2.24) is 0 Å². The summed E-state index contributed by atoms with van der Waals surface area (Å²) in [6, 6.07) is 0.952. The summed E-state index contributed by atoms with van der Waals surface area (Å²) < 4.78 is 73.3. The van der Waals surface area contributed by atoms with Crippen molar-refractivity contribution in [2.45, 2.75) is 19.0 Å². The fourth-order valence-electron chi connectivity index (χ4n) is 1.11. The monoisotopic (exact) mass is 271 g/mol. The Morgan fingerprint density at radius 3 is 2.06 bits per heavy atom. The van der Waals surface area contributed by atoms with E-state index in [-0.39, 0.29) is 0 Å². The van der Waals surface area contributed by atoms with E-state index in [4.69, 9.17) is 0 Å². The molecule has 0 aliphatic rings. The summed E-state index contributed by atoms with van der Waals surface area (Å²) in [6.07, 6.45) is -6.74. The van der Waals surface area contributed by atoms with Crippen molar-refractivity contribution in [3.63, 3.8) is 0 Å². The van der Waals surface area contributed by atoms with E-state index < -0.39 is 48.1 Å². The van der Waals surface area contributed by atoms with Crippen LogP contribution in [0.3, 0.4) is 0 Å². The van der Waals surface area contributed by atoms with Gasteiger partial charge in [-0.15, -0.1) is 0 Å². The number of anilines is 1. The van der Waals surface area contributed by atoms with Gasteiger partial charge in [-0.1, -0.05) is 0 Å². The smallest absolute Gasteiger partial charge is 0.326 e. The molecule has 0 radical (unpaired) electrons. The zero-order chi connectivity index (χ0) is 13.9. The van der Waals surface area contributed by atoms with Gasteiger partial charge in [0.25, 0.3) is 0 Å². The van der Waals surface area contributed by atoms with Crippen LogP contribution in [-0.2, 0) is 4.79 Å². The van der Waals surface area contributed by atoms with E-state index in [0.717, 1.165) is 0 Å². The summed E-state index contributed by atoms with van der Waals surface area (Å²) in [5.41, 5.74) is -0.446. The first-order valence-electron chi connectivity index (χ1n) is 4.70. The van der Waals surface area contributed by atoms with Crippen LogP contribution in [-0.4, -0.2) is 12.1 Å². The van der Waals surface area contributed by atoms with Gasteiger partial charge in [-0.2, -0.15) is 13.2 Å². The molecular weight excluding hydrogens is 264 g/mol. The molecule has 18 heavy (non-hydrogen) atoms. The van der Waals surface area contributed by atoms with Gasteiger partial charge in [0.1, 0.15) is 0 Å². The molecule has 0 fully saturated rings. The molecule has 100 valence electrons. The molecule has 0 aliphatic carbocycles. The molecule has 0 aromatic heterocycles. The van der Waals surface area contributed by atoms with Gasteiger partial charge in [0.05, 0.1) is 6.42 Å². The number of hydrogen-bond donors (Lipinski definition) is 1. The molecular formula is C10H7F6NO. The third-order valence-corrected chi connectivity index (χ3v) is 1.90. The molecule has 0 atom stereocenters. The number of rotatable bonds is 3. The molecule has 1 aromatic rings. The van der Waals surface area contributed by atoms with Gasteiger partial charge in [0.15, 0.2) is 17.5 Å². The van der Waals surface area contributed by atoms with E-state index in [2.05, 4.69) is 0 Å². The van der Waals surface area contributed by atoms with E-state index in [9.17, 15) is 31.1 Å². The maximum Gasteiger partial charge on any atom is 0.389 e. The van der Waals surface area contributed by atoms with E-state index >= 15 is 0 Å². The minimum Gasteiger partial charge on any atom is -0.326 e. The summed E-state index contributed by atoms with van der Waals surface area (Å²) in [6.45, 7) is 0. The van der Waals surface area contributed by atoms with Crippen molar-refractivity contribution in [3.05, 3.63) is 29.6 Å². The standard InChI is InChI=1S/C10H7F6NO/c11-6-3-5(4-7(12)9(6)13)17-8(18)1-2-10(14,15)16/h3-4H,1-2H2,(H,17,18). The van der Waals surface area contributed by atoms with Crippen molar-refractivity contribution in [3.8, 4) is 0 Å². The molecule has 0 saturated heterocycles. The van der Waals surface area contributed by atoms with Gasteiger partial charge >= 0.3 is 6.18 Å². The van der Waals surface area contributed by atoms with Gasteiger partial charge < -0.3 is 5.32 Å². The van der Waals surface area contributed by atoms with Crippen LogP contribution in [0.25, 0.3) is 0 Å². The second kappa shape index (κ2) is 5.28. The maximum atomic E-state index is 12.7. The van der Waals surface area contributed by atoms with E-state index in [1.54, 1.807) is 0 Å². The van der Waals surface area contributed by atoms with Crippen LogP contribution in [0.2, 0.25) is 0 Å². The van der Waals surface area contributed by atoms with Crippen molar-refractivity contribution >= 4 is 11.6 Å². The third kappa shape index (κ3) is 4.27. The highest BCUT2D eigenvalue weighted by atomic mass is 19.4. The summed E-state index contributed by atoms with van der Waals surface area (Å²) in [7, 11) is 0. The van der Waals surface area contributed by atoms with E-state index in [0.29, 0.717) is 12.1 Å². The topological polar surface area (TPSA) is 29.1 Å². The summed E-state index contributed by atoms with van der Waals surface area (Å²) in [5, 5.41) is 1.84. The quantitative estimate of drug-likeness (QED) is 0.662. The Kier molecular flexibility index (Phi) is 4.20. The lowest BCUT2D eigenvalue weighted by molar-refractivity contribution is -0.142. The Hall–Kier alpha value is -1.73. The van der Waals surface area contributed by atoms with Crippen LogP contribution in [0.4, 0.5) is 32.0 Å². The van der Waals surface area contributed by atoms with Gasteiger partial charge in [0, 0.05) is 24.2 Å². The van der Waals surface area contributed by atoms with Crippen LogP contribution in [0.1, 0.15) is 12.8 Å². The van der Waals surface area contributed by atoms with E-state index in [1.807, 2.05) is 5.32 Å². The van der Waals surface area contributed by atoms with Crippen LogP contribution in [0.15, 0.2) is 12.1 Å². The summed E-state index contributed by atoms with van der Waals surface area (Å²) in [5.74, 6) is -5.87. The van der Waals surface area contributed by atoms with Crippen molar-refractivity contribution in [2.75, 3.05) is 5.32 Å². The molecule has 0 aliphatic heterocycles. The molecule has 0 unspecified atom stereocenters. The Balaban J connectivity index is 2.65. The number of hydrogen-bond acceptors (Lipinski definition) is 1. The average molecular weight is 271 g/mol. The normalized spacial score (nSPS) is 11.4. The van der Waals surface area contributed by atoms with Crippen molar-refractivity contribution in [2.24, 2.45) is 0 Å². The van der Waals surface area contributed by atoms with Gasteiger partial charge in [-0.3, -0.25) is 4.79 Å². The Labute approximate surface area is 97.6 Å². The number of benzene rings is 1. The lowest BCUT2D eigenvalue weighted by atomic mass is 10.2. The van der Waals surface area contributed by atoms with Crippen molar-refractivity contribution in [1.29, 1.82) is 0 Å². The first kappa shape index (κ1) is 14.3. The van der Waals surface area contributed by atoms with Crippen LogP contribution >= 0.6 is 0 Å². The number of amides is 1. The molecule has 1 amide bonds. The van der Waals surface area contributed by atoms with Crippen LogP contribution < -0.4 is 5.32 Å². The molecule has 8 heteroatoms. The summed E-state index contributed by atoms with van der Waals surface area (Å²) in [4.78, 5) is 11.0. The fraction of sp³-hybridized carbons (Fsp3) is 0.300.